The van der Waals surface area contributed by atoms with Crippen molar-refractivity contribution in [3.63, 3.8) is 0 Å². The highest BCUT2D eigenvalue weighted by Gasteiger charge is 2.26. The number of rotatable bonds is 3. The Labute approximate surface area is 143 Å². The lowest BCUT2D eigenvalue weighted by Gasteiger charge is -2.36. The van der Waals surface area contributed by atoms with Gasteiger partial charge in [-0.05, 0) is 35.7 Å². The monoisotopic (exact) mass is 317 g/mol. The summed E-state index contributed by atoms with van der Waals surface area (Å²) in [5.41, 5.74) is 5.18. The Bertz CT molecular complexity index is 832. The fourth-order valence-corrected chi connectivity index (χ4v) is 3.75. The maximum absolute atomic E-state index is 4.55. The molecule has 2 heterocycles. The molecule has 0 saturated carbocycles. The Morgan fingerprint density at radius 3 is 2.50 bits per heavy atom. The van der Waals surface area contributed by atoms with Crippen molar-refractivity contribution in [3.8, 4) is 0 Å². The van der Waals surface area contributed by atoms with Gasteiger partial charge in [0.15, 0.2) is 0 Å². The number of para-hydroxylation sites is 1. The van der Waals surface area contributed by atoms with Crippen LogP contribution in [0.3, 0.4) is 0 Å². The molecule has 0 aliphatic carbocycles. The molecule has 4 rings (SSSR count). The Hall–Kier alpha value is -2.23. The van der Waals surface area contributed by atoms with Crippen LogP contribution in [0.2, 0.25) is 0 Å². The molecule has 3 nitrogen and oxygen atoms in total. The number of nitrogens with one attached hydrogen (secondary N) is 1. The number of hydrogen-bond donors (Lipinski definition) is 1. The normalized spacial score (nSPS) is 17.0. The van der Waals surface area contributed by atoms with Gasteiger partial charge in [0.05, 0.1) is 11.6 Å². The zero-order chi connectivity index (χ0) is 16.4. The van der Waals surface area contributed by atoms with E-state index in [1.165, 1.54) is 22.1 Å². The van der Waals surface area contributed by atoms with E-state index in [9.17, 15) is 0 Å². The SMILES string of the molecule is Cc1ccccc1C(c1ccnc2ccccc12)N1CCNCC1. The van der Waals surface area contributed by atoms with Gasteiger partial charge >= 0.3 is 0 Å². The Kier molecular flexibility index (Phi) is 4.28. The van der Waals surface area contributed by atoms with Gasteiger partial charge in [-0.25, -0.2) is 0 Å². The van der Waals surface area contributed by atoms with E-state index in [1.807, 2.05) is 6.20 Å². The minimum Gasteiger partial charge on any atom is -0.314 e. The molecule has 2 aromatic carbocycles. The van der Waals surface area contributed by atoms with E-state index in [-0.39, 0.29) is 6.04 Å². The standard InChI is InChI=1S/C21H23N3/c1-16-6-2-3-7-17(16)21(24-14-12-22-13-15-24)19-10-11-23-20-9-5-4-8-18(19)20/h2-11,21-22H,12-15H2,1H3. The minimum absolute atomic E-state index is 0.279. The third-order valence-electron chi connectivity index (χ3n) is 4.98. The molecule has 0 bridgehead atoms. The maximum Gasteiger partial charge on any atom is 0.0705 e. The van der Waals surface area contributed by atoms with Gasteiger partial charge in [-0.3, -0.25) is 9.88 Å². The van der Waals surface area contributed by atoms with Crippen LogP contribution >= 0.6 is 0 Å². The summed E-state index contributed by atoms with van der Waals surface area (Å²) in [7, 11) is 0. The fraction of sp³-hybridized carbons (Fsp3) is 0.286. The smallest absolute Gasteiger partial charge is 0.0705 e. The number of nitrogens with zero attached hydrogens (tertiary/aromatic N) is 2. The van der Waals surface area contributed by atoms with Gasteiger partial charge in [-0.2, -0.15) is 0 Å². The van der Waals surface area contributed by atoms with Crippen molar-refractivity contribution in [2.45, 2.75) is 13.0 Å². The zero-order valence-electron chi connectivity index (χ0n) is 14.1. The van der Waals surface area contributed by atoms with Crippen LogP contribution in [0.4, 0.5) is 0 Å². The highest BCUT2D eigenvalue weighted by molar-refractivity contribution is 5.82. The van der Waals surface area contributed by atoms with Crippen molar-refractivity contribution in [1.29, 1.82) is 0 Å². The zero-order valence-corrected chi connectivity index (χ0v) is 14.1. The average Bonchev–Trinajstić information content (AvgIpc) is 2.65. The summed E-state index contributed by atoms with van der Waals surface area (Å²) in [5.74, 6) is 0. The Balaban J connectivity index is 1.90. The number of benzene rings is 2. The Morgan fingerprint density at radius 1 is 0.917 bits per heavy atom. The molecule has 1 saturated heterocycles. The molecule has 0 radical (unpaired) electrons. The lowest BCUT2D eigenvalue weighted by molar-refractivity contribution is 0.199. The molecule has 0 amide bonds. The molecule has 3 aromatic rings. The van der Waals surface area contributed by atoms with Gasteiger partial charge in [0, 0.05) is 37.8 Å². The molecule has 1 aliphatic rings. The summed E-state index contributed by atoms with van der Waals surface area (Å²) in [4.78, 5) is 7.15. The molecular formula is C21H23N3. The van der Waals surface area contributed by atoms with Gasteiger partial charge in [-0.15, -0.1) is 0 Å². The van der Waals surface area contributed by atoms with E-state index in [2.05, 4.69) is 76.7 Å². The number of aromatic nitrogens is 1. The van der Waals surface area contributed by atoms with Crippen molar-refractivity contribution >= 4 is 10.9 Å². The van der Waals surface area contributed by atoms with Crippen LogP contribution in [0, 0.1) is 6.92 Å². The summed E-state index contributed by atoms with van der Waals surface area (Å²) in [6.07, 6.45) is 1.95. The summed E-state index contributed by atoms with van der Waals surface area (Å²) in [6, 6.07) is 19.7. The van der Waals surface area contributed by atoms with Gasteiger partial charge in [-0.1, -0.05) is 42.5 Å². The average molecular weight is 317 g/mol. The molecule has 122 valence electrons. The van der Waals surface area contributed by atoms with E-state index in [0.717, 1.165) is 31.7 Å². The first kappa shape index (κ1) is 15.3. The molecule has 24 heavy (non-hydrogen) atoms. The van der Waals surface area contributed by atoms with Gasteiger partial charge in [0.2, 0.25) is 0 Å². The third-order valence-corrected chi connectivity index (χ3v) is 4.98. The summed E-state index contributed by atoms with van der Waals surface area (Å²) in [6.45, 7) is 6.44. The van der Waals surface area contributed by atoms with Crippen molar-refractivity contribution in [3.05, 3.63) is 77.5 Å². The summed E-state index contributed by atoms with van der Waals surface area (Å²) < 4.78 is 0. The van der Waals surface area contributed by atoms with Crippen molar-refractivity contribution in [1.82, 2.24) is 15.2 Å². The number of aryl methyl sites for hydroxylation is 1. The first-order valence-corrected chi connectivity index (χ1v) is 8.68. The van der Waals surface area contributed by atoms with Crippen LogP contribution in [0.1, 0.15) is 22.7 Å². The molecule has 3 heteroatoms. The second kappa shape index (κ2) is 6.71. The first-order chi connectivity index (χ1) is 11.8. The number of pyridine rings is 1. The van der Waals surface area contributed by atoms with Crippen molar-refractivity contribution in [2.75, 3.05) is 26.2 Å². The number of piperazine rings is 1. The molecular weight excluding hydrogens is 294 g/mol. The number of hydrogen-bond acceptors (Lipinski definition) is 3. The lowest BCUT2D eigenvalue weighted by atomic mass is 9.91. The lowest BCUT2D eigenvalue weighted by Crippen LogP contribution is -2.45. The van der Waals surface area contributed by atoms with E-state index in [1.54, 1.807) is 0 Å². The summed E-state index contributed by atoms with van der Waals surface area (Å²) >= 11 is 0. The fourth-order valence-electron chi connectivity index (χ4n) is 3.75. The van der Waals surface area contributed by atoms with Crippen molar-refractivity contribution < 1.29 is 0 Å². The van der Waals surface area contributed by atoms with Crippen LogP contribution in [-0.4, -0.2) is 36.1 Å². The predicted octanol–water partition coefficient (Wildman–Crippen LogP) is 3.54. The molecule has 0 spiro atoms. The number of fused-ring (bicyclic) bond motifs is 1. The summed E-state index contributed by atoms with van der Waals surface area (Å²) in [5, 5.41) is 4.73. The van der Waals surface area contributed by atoms with Crippen LogP contribution in [0.15, 0.2) is 60.8 Å². The minimum atomic E-state index is 0.279. The molecule has 1 fully saturated rings. The largest absolute Gasteiger partial charge is 0.314 e. The molecule has 1 atom stereocenters. The quantitative estimate of drug-likeness (QED) is 0.801. The first-order valence-electron chi connectivity index (χ1n) is 8.68. The van der Waals surface area contributed by atoms with Gasteiger partial charge in [0.25, 0.3) is 0 Å². The van der Waals surface area contributed by atoms with Crippen LogP contribution in [-0.2, 0) is 0 Å². The molecule has 1 N–H and O–H groups in total. The maximum atomic E-state index is 4.55. The third kappa shape index (κ3) is 2.81. The predicted molar refractivity (Wildman–Crippen MR) is 99.2 cm³/mol. The van der Waals surface area contributed by atoms with Crippen molar-refractivity contribution in [2.24, 2.45) is 0 Å². The molecule has 1 aliphatic heterocycles. The van der Waals surface area contributed by atoms with Gasteiger partial charge in [0.1, 0.15) is 0 Å². The van der Waals surface area contributed by atoms with E-state index < -0.39 is 0 Å². The highest BCUT2D eigenvalue weighted by atomic mass is 15.2. The van der Waals surface area contributed by atoms with E-state index >= 15 is 0 Å². The topological polar surface area (TPSA) is 28.2 Å². The van der Waals surface area contributed by atoms with Gasteiger partial charge < -0.3 is 5.32 Å². The van der Waals surface area contributed by atoms with E-state index in [0.29, 0.717) is 0 Å². The van der Waals surface area contributed by atoms with Crippen LogP contribution in [0.25, 0.3) is 10.9 Å². The van der Waals surface area contributed by atoms with E-state index in [4.69, 9.17) is 0 Å². The molecule has 1 aromatic heterocycles. The second-order valence-electron chi connectivity index (χ2n) is 6.46. The highest BCUT2D eigenvalue weighted by Crippen LogP contribution is 2.34. The Morgan fingerprint density at radius 2 is 1.67 bits per heavy atom. The van der Waals surface area contributed by atoms with Crippen LogP contribution in [0.5, 0.6) is 0 Å². The molecule has 1 unspecified atom stereocenters. The second-order valence-corrected chi connectivity index (χ2v) is 6.46. The van der Waals surface area contributed by atoms with Crippen LogP contribution < -0.4 is 5.32 Å².